The molecule has 1 aliphatic heterocycles. The molecule has 0 aliphatic carbocycles. The van der Waals surface area contributed by atoms with Crippen LogP contribution in [0.5, 0.6) is 0 Å². The van der Waals surface area contributed by atoms with Gasteiger partial charge in [-0.15, -0.1) is 0 Å². The zero-order valence-corrected chi connectivity index (χ0v) is 9.33. The summed E-state index contributed by atoms with van der Waals surface area (Å²) in [6.07, 6.45) is 1.67. The van der Waals surface area contributed by atoms with E-state index in [-0.39, 0.29) is 13.2 Å². The van der Waals surface area contributed by atoms with E-state index in [2.05, 4.69) is 0 Å². The van der Waals surface area contributed by atoms with E-state index in [9.17, 15) is 8.42 Å². The van der Waals surface area contributed by atoms with Crippen LogP contribution >= 0.6 is 0 Å². The van der Waals surface area contributed by atoms with Crippen LogP contribution in [0.15, 0.2) is 0 Å². The molecule has 0 aromatic rings. The van der Waals surface area contributed by atoms with Crippen LogP contribution in [0.3, 0.4) is 0 Å². The number of nitrogens with zero attached hydrogens (tertiary/aromatic N) is 2. The molecule has 1 rings (SSSR count). The molecule has 0 unspecified atom stereocenters. The van der Waals surface area contributed by atoms with Crippen molar-refractivity contribution < 1.29 is 13.5 Å². The Morgan fingerprint density at radius 3 is 2.29 bits per heavy atom. The molecule has 0 spiro atoms. The lowest BCUT2D eigenvalue weighted by Gasteiger charge is -2.34. The summed E-state index contributed by atoms with van der Waals surface area (Å²) in [5.41, 5.74) is 0. The van der Waals surface area contributed by atoms with E-state index < -0.39 is 10.2 Å². The Morgan fingerprint density at radius 1 is 1.21 bits per heavy atom. The van der Waals surface area contributed by atoms with Crippen LogP contribution in [0, 0.1) is 0 Å². The Morgan fingerprint density at radius 2 is 1.79 bits per heavy atom. The highest BCUT2D eigenvalue weighted by Gasteiger charge is 2.32. The van der Waals surface area contributed by atoms with Crippen LogP contribution in [0.2, 0.25) is 0 Å². The average Bonchev–Trinajstić information content (AvgIpc) is 2.13. The first-order chi connectivity index (χ1) is 6.62. The highest BCUT2D eigenvalue weighted by molar-refractivity contribution is 7.86. The molecule has 1 heterocycles. The fourth-order valence-corrected chi connectivity index (χ4v) is 3.40. The van der Waals surface area contributed by atoms with Gasteiger partial charge < -0.3 is 5.11 Å². The summed E-state index contributed by atoms with van der Waals surface area (Å²) in [7, 11) is -3.28. The highest BCUT2D eigenvalue weighted by Crippen LogP contribution is 2.15. The van der Waals surface area contributed by atoms with Crippen LogP contribution in [-0.2, 0) is 10.2 Å². The second kappa shape index (κ2) is 5.06. The van der Waals surface area contributed by atoms with Gasteiger partial charge in [-0.05, 0) is 12.8 Å². The third-order valence-electron chi connectivity index (χ3n) is 2.29. The van der Waals surface area contributed by atoms with Crippen molar-refractivity contribution in [1.82, 2.24) is 8.61 Å². The van der Waals surface area contributed by atoms with Gasteiger partial charge in [0.1, 0.15) is 0 Å². The minimum atomic E-state index is -3.28. The summed E-state index contributed by atoms with van der Waals surface area (Å²) in [6.45, 7) is 3.77. The monoisotopic (exact) mass is 222 g/mol. The van der Waals surface area contributed by atoms with E-state index in [1.807, 2.05) is 6.92 Å². The van der Waals surface area contributed by atoms with Crippen LogP contribution < -0.4 is 0 Å². The van der Waals surface area contributed by atoms with Gasteiger partial charge in [0.25, 0.3) is 10.2 Å². The fourth-order valence-electron chi connectivity index (χ4n) is 1.63. The Balaban J connectivity index is 2.71. The van der Waals surface area contributed by atoms with Crippen molar-refractivity contribution in [2.24, 2.45) is 0 Å². The van der Waals surface area contributed by atoms with Gasteiger partial charge in [-0.2, -0.15) is 17.0 Å². The quantitative estimate of drug-likeness (QED) is 0.706. The lowest BCUT2D eigenvalue weighted by Crippen LogP contribution is -2.50. The van der Waals surface area contributed by atoms with E-state index in [1.54, 1.807) is 0 Å². The molecule has 6 heteroatoms. The van der Waals surface area contributed by atoms with Crippen LogP contribution in [0.1, 0.15) is 19.8 Å². The number of aliphatic hydroxyl groups excluding tert-OH is 1. The van der Waals surface area contributed by atoms with Gasteiger partial charge >= 0.3 is 0 Å². The largest absolute Gasteiger partial charge is 0.395 e. The first kappa shape index (κ1) is 11.9. The summed E-state index contributed by atoms with van der Waals surface area (Å²) in [5.74, 6) is 0. The Labute approximate surface area is 85.5 Å². The fraction of sp³-hybridized carbons (Fsp3) is 1.00. The molecule has 0 atom stereocenters. The molecule has 0 amide bonds. The van der Waals surface area contributed by atoms with Gasteiger partial charge in [-0.3, -0.25) is 0 Å². The van der Waals surface area contributed by atoms with Crippen molar-refractivity contribution in [2.75, 3.05) is 32.8 Å². The summed E-state index contributed by atoms with van der Waals surface area (Å²) >= 11 is 0. The maximum atomic E-state index is 11.8. The SMILES string of the molecule is CCCN1CCCN(CCO)S1(=O)=O. The van der Waals surface area contributed by atoms with E-state index in [1.165, 1.54) is 8.61 Å². The first-order valence-corrected chi connectivity index (χ1v) is 6.38. The molecule has 1 fully saturated rings. The third-order valence-corrected chi connectivity index (χ3v) is 4.33. The maximum absolute atomic E-state index is 11.8. The Kier molecular flexibility index (Phi) is 4.31. The highest BCUT2D eigenvalue weighted by atomic mass is 32.2. The molecule has 0 bridgehead atoms. The molecule has 0 aromatic heterocycles. The van der Waals surface area contributed by atoms with Gasteiger partial charge in [-0.25, -0.2) is 0 Å². The van der Waals surface area contributed by atoms with Crippen molar-refractivity contribution in [1.29, 1.82) is 0 Å². The minimum Gasteiger partial charge on any atom is -0.395 e. The Hall–Kier alpha value is -0.170. The number of aliphatic hydroxyl groups is 1. The third kappa shape index (κ3) is 2.44. The lowest BCUT2D eigenvalue weighted by molar-refractivity contribution is 0.224. The molecular formula is C8H18N2O3S. The predicted octanol–water partition coefficient (Wildman–Crippen LogP) is -0.359. The van der Waals surface area contributed by atoms with Crippen LogP contribution in [-0.4, -0.2) is 54.9 Å². The molecule has 0 saturated carbocycles. The van der Waals surface area contributed by atoms with E-state index in [4.69, 9.17) is 5.11 Å². The van der Waals surface area contributed by atoms with Crippen molar-refractivity contribution in [3.63, 3.8) is 0 Å². The second-order valence-corrected chi connectivity index (χ2v) is 5.31. The summed E-state index contributed by atoms with van der Waals surface area (Å²) in [4.78, 5) is 0. The molecular weight excluding hydrogens is 204 g/mol. The molecule has 0 radical (unpaired) electrons. The smallest absolute Gasteiger partial charge is 0.282 e. The molecule has 1 saturated heterocycles. The molecule has 14 heavy (non-hydrogen) atoms. The zero-order valence-electron chi connectivity index (χ0n) is 8.52. The topological polar surface area (TPSA) is 60.9 Å². The second-order valence-electron chi connectivity index (χ2n) is 3.38. The Bertz CT molecular complexity index is 242. The first-order valence-electron chi connectivity index (χ1n) is 4.99. The predicted molar refractivity (Wildman–Crippen MR) is 54.1 cm³/mol. The average molecular weight is 222 g/mol. The maximum Gasteiger partial charge on any atom is 0.282 e. The van der Waals surface area contributed by atoms with Gasteiger partial charge in [-0.1, -0.05) is 6.92 Å². The lowest BCUT2D eigenvalue weighted by atomic mass is 10.4. The molecule has 5 nitrogen and oxygen atoms in total. The molecule has 1 aliphatic rings. The van der Waals surface area contributed by atoms with Crippen molar-refractivity contribution in [3.8, 4) is 0 Å². The van der Waals surface area contributed by atoms with E-state index in [0.29, 0.717) is 19.6 Å². The van der Waals surface area contributed by atoms with Crippen molar-refractivity contribution >= 4 is 10.2 Å². The number of β-amino-alcohol motifs (C(OH)–C–C–N with tert-alkyl or cyclic N) is 1. The van der Waals surface area contributed by atoms with Gasteiger partial charge in [0, 0.05) is 26.2 Å². The summed E-state index contributed by atoms with van der Waals surface area (Å²) < 4.78 is 26.5. The number of hydrogen-bond donors (Lipinski definition) is 1. The van der Waals surface area contributed by atoms with E-state index in [0.717, 1.165) is 12.8 Å². The molecule has 1 N–H and O–H groups in total. The summed E-state index contributed by atoms with van der Waals surface area (Å²) in [6, 6.07) is 0. The number of hydrogen-bond acceptors (Lipinski definition) is 3. The number of rotatable bonds is 4. The van der Waals surface area contributed by atoms with Crippen LogP contribution in [0.25, 0.3) is 0 Å². The van der Waals surface area contributed by atoms with Gasteiger partial charge in [0.15, 0.2) is 0 Å². The summed E-state index contributed by atoms with van der Waals surface area (Å²) in [5, 5.41) is 8.74. The van der Waals surface area contributed by atoms with E-state index >= 15 is 0 Å². The normalized spacial score (nSPS) is 23.9. The minimum absolute atomic E-state index is 0.112. The van der Waals surface area contributed by atoms with Gasteiger partial charge in [0.2, 0.25) is 0 Å². The molecule has 84 valence electrons. The van der Waals surface area contributed by atoms with Crippen molar-refractivity contribution in [3.05, 3.63) is 0 Å². The van der Waals surface area contributed by atoms with Gasteiger partial charge in [0.05, 0.1) is 6.61 Å². The van der Waals surface area contributed by atoms with Crippen molar-refractivity contribution in [2.45, 2.75) is 19.8 Å². The molecule has 0 aromatic carbocycles. The standard InChI is InChI=1S/C8H18N2O3S/c1-2-4-9-5-3-6-10(7-8-11)14(9,12)13/h11H,2-8H2,1H3. The van der Waals surface area contributed by atoms with Crippen LogP contribution in [0.4, 0.5) is 0 Å². The zero-order chi connectivity index (χ0) is 10.6.